The maximum Gasteiger partial charge on any atom is 0.250 e. The summed E-state index contributed by atoms with van der Waals surface area (Å²) < 4.78 is 5.65. The highest BCUT2D eigenvalue weighted by atomic mass is 32.1. The van der Waals surface area contributed by atoms with Crippen LogP contribution in [0, 0.1) is 6.92 Å². The number of nitrogens with one attached hydrogen (secondary N) is 1. The summed E-state index contributed by atoms with van der Waals surface area (Å²) in [6.45, 7) is 5.53. The van der Waals surface area contributed by atoms with Gasteiger partial charge in [-0.3, -0.25) is 9.69 Å². The smallest absolute Gasteiger partial charge is 0.250 e. The molecule has 1 aliphatic heterocycles. The quantitative estimate of drug-likeness (QED) is 0.870. The summed E-state index contributed by atoms with van der Waals surface area (Å²) in [6.07, 6.45) is 0.380. The van der Waals surface area contributed by atoms with Crippen molar-refractivity contribution in [3.05, 3.63) is 52.0 Å². The third-order valence-electron chi connectivity index (χ3n) is 4.00. The van der Waals surface area contributed by atoms with Gasteiger partial charge in [0.2, 0.25) is 5.91 Å². The molecule has 1 atom stereocenters. The van der Waals surface area contributed by atoms with E-state index in [1.165, 1.54) is 5.56 Å². The molecule has 24 heavy (non-hydrogen) atoms. The second kappa shape index (κ2) is 8.37. The average Bonchev–Trinajstić information content (AvgIpc) is 3.01. The monoisotopic (exact) mass is 345 g/mol. The van der Waals surface area contributed by atoms with Crippen LogP contribution in [-0.2, 0) is 22.5 Å². The van der Waals surface area contributed by atoms with E-state index in [1.807, 2.05) is 30.5 Å². The summed E-state index contributed by atoms with van der Waals surface area (Å²) in [7, 11) is 0. The number of ether oxygens (including phenoxy) is 1. The highest BCUT2D eigenvalue weighted by Crippen LogP contribution is 2.11. The van der Waals surface area contributed by atoms with Gasteiger partial charge >= 0.3 is 0 Å². The number of aromatic nitrogens is 1. The Balaban J connectivity index is 1.44. The van der Waals surface area contributed by atoms with Crippen LogP contribution in [-0.4, -0.2) is 48.1 Å². The molecule has 1 aliphatic rings. The van der Waals surface area contributed by atoms with E-state index in [4.69, 9.17) is 4.74 Å². The van der Waals surface area contributed by atoms with Crippen LogP contribution in [0.25, 0.3) is 0 Å². The lowest BCUT2D eigenvalue weighted by Gasteiger charge is -2.32. The highest BCUT2D eigenvalue weighted by Gasteiger charge is 2.26. The first-order valence-electron chi connectivity index (χ1n) is 8.27. The molecule has 1 amide bonds. The summed E-state index contributed by atoms with van der Waals surface area (Å²) in [4.78, 5) is 19.0. The third-order valence-corrected chi connectivity index (χ3v) is 5.02. The lowest BCUT2D eigenvalue weighted by atomic mass is 10.2. The minimum Gasteiger partial charge on any atom is -0.366 e. The number of aryl methyl sites for hydroxylation is 1. The third kappa shape index (κ3) is 4.87. The van der Waals surface area contributed by atoms with Gasteiger partial charge in [-0.1, -0.05) is 30.3 Å². The van der Waals surface area contributed by atoms with Crippen molar-refractivity contribution in [3.8, 4) is 0 Å². The first kappa shape index (κ1) is 17.1. The van der Waals surface area contributed by atoms with Crippen LogP contribution in [0.4, 0.5) is 0 Å². The predicted octanol–water partition coefficient (Wildman–Crippen LogP) is 2.01. The van der Waals surface area contributed by atoms with E-state index >= 15 is 0 Å². The van der Waals surface area contributed by atoms with Crippen molar-refractivity contribution in [3.63, 3.8) is 0 Å². The number of hydrogen-bond acceptors (Lipinski definition) is 5. The molecule has 1 saturated heterocycles. The van der Waals surface area contributed by atoms with Crippen molar-refractivity contribution in [2.45, 2.75) is 26.0 Å². The molecule has 3 rings (SSSR count). The van der Waals surface area contributed by atoms with E-state index in [9.17, 15) is 4.79 Å². The van der Waals surface area contributed by atoms with E-state index in [1.54, 1.807) is 11.3 Å². The molecule has 1 aromatic carbocycles. The summed E-state index contributed by atoms with van der Waals surface area (Å²) in [5.74, 6) is -0.0268. The Bertz CT molecular complexity index is 659. The summed E-state index contributed by atoms with van der Waals surface area (Å²) in [6, 6.07) is 10.3. The number of thiazole rings is 1. The molecule has 0 spiro atoms. The number of benzene rings is 1. The molecular formula is C18H23N3O2S. The topological polar surface area (TPSA) is 54.5 Å². The van der Waals surface area contributed by atoms with Crippen molar-refractivity contribution >= 4 is 17.2 Å². The van der Waals surface area contributed by atoms with Gasteiger partial charge in [0, 0.05) is 43.7 Å². The van der Waals surface area contributed by atoms with Crippen LogP contribution in [0.5, 0.6) is 0 Å². The van der Waals surface area contributed by atoms with Gasteiger partial charge in [0.25, 0.3) is 0 Å². The Kier molecular flexibility index (Phi) is 5.96. The summed E-state index contributed by atoms with van der Waals surface area (Å²) >= 11 is 1.64. The minimum absolute atomic E-state index is 0.0268. The molecule has 6 heteroatoms. The first-order valence-corrected chi connectivity index (χ1v) is 9.15. The number of nitrogens with zero attached hydrogens (tertiary/aromatic N) is 2. The van der Waals surface area contributed by atoms with E-state index in [2.05, 4.69) is 27.3 Å². The van der Waals surface area contributed by atoms with E-state index < -0.39 is 0 Å². The minimum atomic E-state index is -0.388. The van der Waals surface area contributed by atoms with Gasteiger partial charge in [-0.15, -0.1) is 11.3 Å². The number of carbonyl (C=O) groups excluding carboxylic acids is 1. The zero-order valence-electron chi connectivity index (χ0n) is 13.9. The second-order valence-corrected chi connectivity index (χ2v) is 6.95. The van der Waals surface area contributed by atoms with Gasteiger partial charge in [-0.25, -0.2) is 4.98 Å². The molecule has 1 aromatic heterocycles. The van der Waals surface area contributed by atoms with Crippen LogP contribution in [0.15, 0.2) is 35.7 Å². The predicted molar refractivity (Wildman–Crippen MR) is 95.0 cm³/mol. The number of carbonyl (C=O) groups is 1. The molecule has 0 aliphatic carbocycles. The maximum absolute atomic E-state index is 12.3. The number of rotatable bonds is 6. The Labute approximate surface area is 146 Å². The van der Waals surface area contributed by atoms with Gasteiger partial charge in [0.1, 0.15) is 6.10 Å². The zero-order valence-corrected chi connectivity index (χ0v) is 14.7. The van der Waals surface area contributed by atoms with Gasteiger partial charge in [-0.05, 0) is 12.5 Å². The summed E-state index contributed by atoms with van der Waals surface area (Å²) in [5.41, 5.74) is 2.30. The average molecular weight is 345 g/mol. The Morgan fingerprint density at radius 2 is 2.25 bits per heavy atom. The van der Waals surface area contributed by atoms with Crippen molar-refractivity contribution in [1.29, 1.82) is 0 Å². The first-order chi connectivity index (χ1) is 11.7. The van der Waals surface area contributed by atoms with Crippen molar-refractivity contribution in [1.82, 2.24) is 15.2 Å². The van der Waals surface area contributed by atoms with E-state index in [0.717, 1.165) is 30.2 Å². The van der Waals surface area contributed by atoms with Crippen LogP contribution in [0.1, 0.15) is 16.3 Å². The Morgan fingerprint density at radius 1 is 1.42 bits per heavy atom. The molecule has 2 aromatic rings. The van der Waals surface area contributed by atoms with E-state index in [0.29, 0.717) is 19.7 Å². The molecule has 0 saturated carbocycles. The lowest BCUT2D eigenvalue weighted by molar-refractivity contribution is -0.138. The van der Waals surface area contributed by atoms with Crippen molar-refractivity contribution < 1.29 is 9.53 Å². The fraction of sp³-hybridized carbons (Fsp3) is 0.444. The molecule has 0 radical (unpaired) electrons. The Hall–Kier alpha value is -1.76. The van der Waals surface area contributed by atoms with Gasteiger partial charge in [0.15, 0.2) is 0 Å². The zero-order chi connectivity index (χ0) is 16.8. The van der Waals surface area contributed by atoms with Crippen LogP contribution in [0.2, 0.25) is 0 Å². The molecular weight excluding hydrogens is 322 g/mol. The molecule has 1 N–H and O–H groups in total. The number of amides is 1. The second-order valence-electron chi connectivity index (χ2n) is 6.00. The number of hydrogen-bond donors (Lipinski definition) is 1. The van der Waals surface area contributed by atoms with Gasteiger partial charge in [-0.2, -0.15) is 0 Å². The highest BCUT2D eigenvalue weighted by molar-refractivity contribution is 7.09. The fourth-order valence-electron chi connectivity index (χ4n) is 2.77. The van der Waals surface area contributed by atoms with E-state index in [-0.39, 0.29) is 12.0 Å². The van der Waals surface area contributed by atoms with Gasteiger partial charge in [0.05, 0.1) is 11.6 Å². The van der Waals surface area contributed by atoms with Crippen LogP contribution < -0.4 is 5.32 Å². The fourth-order valence-corrected chi connectivity index (χ4v) is 3.55. The molecule has 0 unspecified atom stereocenters. The molecule has 0 bridgehead atoms. The van der Waals surface area contributed by atoms with Gasteiger partial charge < -0.3 is 10.1 Å². The molecule has 5 nitrogen and oxygen atoms in total. The maximum atomic E-state index is 12.3. The van der Waals surface area contributed by atoms with Crippen molar-refractivity contribution in [2.24, 2.45) is 0 Å². The molecule has 2 heterocycles. The van der Waals surface area contributed by atoms with Crippen LogP contribution >= 0.6 is 11.3 Å². The number of morpholine rings is 1. The van der Waals surface area contributed by atoms with Crippen LogP contribution in [0.3, 0.4) is 0 Å². The lowest BCUT2D eigenvalue weighted by Crippen LogP contribution is -2.49. The van der Waals surface area contributed by atoms with Crippen molar-refractivity contribution in [2.75, 3.05) is 26.2 Å². The molecule has 1 fully saturated rings. The largest absolute Gasteiger partial charge is 0.366 e. The Morgan fingerprint density at radius 3 is 3.00 bits per heavy atom. The normalized spacial score (nSPS) is 18.5. The SMILES string of the molecule is Cc1csc(CCNC(=O)[C@@H]2CN(Cc3ccccc3)CCO2)n1. The standard InChI is InChI=1S/C18H23N3O2S/c1-14-13-24-17(20-14)7-8-19-18(22)16-12-21(9-10-23-16)11-15-5-3-2-4-6-15/h2-6,13,16H,7-12H2,1H3,(H,19,22)/t16-/m0/s1. The summed E-state index contributed by atoms with van der Waals surface area (Å²) in [5, 5.41) is 6.06. The molecule has 128 valence electrons.